The number of rotatable bonds is 3. The Morgan fingerprint density at radius 2 is 1.76 bits per heavy atom. The summed E-state index contributed by atoms with van der Waals surface area (Å²) in [5, 5.41) is 2.41. The average molecular weight is 438 g/mol. The standard InChI is InChI=1S/C30H33N2O/c1-5-30(6-2)17-15-20(16-18-30)22-10-8-11-23-27(22)31-29-28(32(23)4)25-19(3)13-14-21-9-7-12-24(33-29)26(21)25/h7-14,20H,5-6,15-18H2,1-4H3/q+1. The fourth-order valence-electron chi connectivity index (χ4n) is 6.48. The van der Waals surface area contributed by atoms with E-state index in [0.29, 0.717) is 11.3 Å². The topological polar surface area (TPSA) is 26.0 Å². The van der Waals surface area contributed by atoms with Crippen LogP contribution < -0.4 is 9.30 Å². The van der Waals surface area contributed by atoms with Crippen LogP contribution in [0.25, 0.3) is 33.1 Å². The summed E-state index contributed by atoms with van der Waals surface area (Å²) in [5.41, 5.74) is 7.82. The van der Waals surface area contributed by atoms with Gasteiger partial charge < -0.3 is 4.74 Å². The molecule has 33 heavy (non-hydrogen) atoms. The van der Waals surface area contributed by atoms with E-state index in [9.17, 15) is 0 Å². The molecule has 0 unspecified atom stereocenters. The summed E-state index contributed by atoms with van der Waals surface area (Å²) >= 11 is 0. The lowest BCUT2D eigenvalue weighted by Gasteiger charge is -2.39. The summed E-state index contributed by atoms with van der Waals surface area (Å²) in [5.74, 6) is 2.22. The molecule has 1 aliphatic heterocycles. The van der Waals surface area contributed by atoms with Crippen molar-refractivity contribution >= 4 is 21.8 Å². The van der Waals surface area contributed by atoms with Crippen LogP contribution in [0.5, 0.6) is 11.6 Å². The zero-order valence-corrected chi connectivity index (χ0v) is 20.2. The van der Waals surface area contributed by atoms with Crippen molar-refractivity contribution in [2.24, 2.45) is 12.5 Å². The Morgan fingerprint density at radius 1 is 1.00 bits per heavy atom. The first-order valence-corrected chi connectivity index (χ1v) is 12.6. The number of ether oxygens (including phenoxy) is 1. The van der Waals surface area contributed by atoms with E-state index in [2.05, 4.69) is 80.9 Å². The first kappa shape index (κ1) is 20.7. The molecule has 1 fully saturated rings. The van der Waals surface area contributed by atoms with E-state index >= 15 is 0 Å². The van der Waals surface area contributed by atoms with Crippen LogP contribution in [0.15, 0.2) is 48.5 Å². The Balaban J connectivity index is 1.52. The number of benzene rings is 3. The number of nitrogens with zero attached hydrogens (tertiary/aromatic N) is 2. The summed E-state index contributed by atoms with van der Waals surface area (Å²) < 4.78 is 8.78. The van der Waals surface area contributed by atoms with Crippen LogP contribution >= 0.6 is 0 Å². The number of hydrogen-bond acceptors (Lipinski definition) is 2. The zero-order valence-electron chi connectivity index (χ0n) is 20.2. The predicted octanol–water partition coefficient (Wildman–Crippen LogP) is 7.76. The number of fused-ring (bicyclic) bond motifs is 3. The predicted molar refractivity (Wildman–Crippen MR) is 135 cm³/mol. The molecule has 1 saturated carbocycles. The van der Waals surface area contributed by atoms with E-state index in [1.165, 1.54) is 71.5 Å². The van der Waals surface area contributed by atoms with Crippen LogP contribution in [0.1, 0.15) is 69.4 Å². The van der Waals surface area contributed by atoms with Crippen molar-refractivity contribution in [3.05, 3.63) is 59.7 Å². The van der Waals surface area contributed by atoms with Gasteiger partial charge in [-0.2, -0.15) is 4.57 Å². The van der Waals surface area contributed by atoms with Crippen LogP contribution in [-0.2, 0) is 7.05 Å². The van der Waals surface area contributed by atoms with Gasteiger partial charge in [0.05, 0.1) is 5.56 Å². The summed E-state index contributed by atoms with van der Waals surface area (Å²) in [6.45, 7) is 6.93. The molecule has 0 saturated heterocycles. The molecule has 0 bridgehead atoms. The molecule has 3 aromatic carbocycles. The second-order valence-electron chi connectivity index (χ2n) is 10.2. The van der Waals surface area contributed by atoms with Gasteiger partial charge in [0.15, 0.2) is 0 Å². The van der Waals surface area contributed by atoms with E-state index in [0.717, 1.165) is 22.8 Å². The minimum absolute atomic E-state index is 0.543. The van der Waals surface area contributed by atoms with Crippen molar-refractivity contribution in [1.29, 1.82) is 0 Å². The largest absolute Gasteiger partial charge is 0.433 e. The minimum atomic E-state index is 0.543. The molecular weight excluding hydrogens is 404 g/mol. The number of para-hydroxylation sites is 1. The Morgan fingerprint density at radius 3 is 2.52 bits per heavy atom. The molecule has 0 spiro atoms. The molecule has 1 aliphatic carbocycles. The van der Waals surface area contributed by atoms with Gasteiger partial charge in [0.25, 0.3) is 11.6 Å². The Labute approximate surface area is 196 Å². The lowest BCUT2D eigenvalue weighted by molar-refractivity contribution is -0.634. The molecule has 1 aromatic heterocycles. The third-order valence-corrected chi connectivity index (χ3v) is 8.80. The van der Waals surface area contributed by atoms with Crippen molar-refractivity contribution in [2.75, 3.05) is 0 Å². The molecule has 4 aromatic rings. The van der Waals surface area contributed by atoms with Crippen LogP contribution in [-0.4, -0.2) is 4.98 Å². The normalized spacial score (nSPS) is 17.2. The monoisotopic (exact) mass is 437 g/mol. The van der Waals surface area contributed by atoms with Crippen molar-refractivity contribution in [1.82, 2.24) is 4.98 Å². The molecule has 168 valence electrons. The zero-order chi connectivity index (χ0) is 22.7. The Kier molecular flexibility index (Phi) is 4.72. The number of aryl methyl sites for hydroxylation is 2. The van der Waals surface area contributed by atoms with Crippen LogP contribution in [0.2, 0.25) is 0 Å². The highest BCUT2D eigenvalue weighted by Crippen LogP contribution is 2.49. The van der Waals surface area contributed by atoms with E-state index < -0.39 is 0 Å². The fourth-order valence-corrected chi connectivity index (χ4v) is 6.48. The first-order chi connectivity index (χ1) is 16.0. The highest BCUT2D eigenvalue weighted by molar-refractivity contribution is 6.04. The summed E-state index contributed by atoms with van der Waals surface area (Å²) in [4.78, 5) is 5.21. The number of aromatic nitrogens is 2. The van der Waals surface area contributed by atoms with Gasteiger partial charge >= 0.3 is 0 Å². The van der Waals surface area contributed by atoms with Crippen LogP contribution in [0.4, 0.5) is 0 Å². The molecule has 3 heteroatoms. The maximum Gasteiger partial charge on any atom is 0.294 e. The van der Waals surface area contributed by atoms with E-state index in [1.54, 1.807) is 0 Å². The van der Waals surface area contributed by atoms with Crippen molar-refractivity contribution in [2.45, 2.75) is 65.2 Å². The molecule has 0 atom stereocenters. The maximum atomic E-state index is 6.47. The first-order valence-electron chi connectivity index (χ1n) is 12.6. The molecule has 3 nitrogen and oxygen atoms in total. The molecular formula is C30H33N2O+. The second-order valence-corrected chi connectivity index (χ2v) is 10.2. The summed E-state index contributed by atoms with van der Waals surface area (Å²) in [7, 11) is 2.17. The highest BCUT2D eigenvalue weighted by Gasteiger charge is 2.36. The van der Waals surface area contributed by atoms with Gasteiger partial charge in [-0.25, -0.2) is 4.98 Å². The fraction of sp³-hybridized carbons (Fsp3) is 0.400. The van der Waals surface area contributed by atoms with Crippen molar-refractivity contribution in [3.63, 3.8) is 0 Å². The molecule has 0 amide bonds. The molecule has 0 N–H and O–H groups in total. The van der Waals surface area contributed by atoms with Gasteiger partial charge in [-0.15, -0.1) is 0 Å². The molecule has 6 rings (SSSR count). The van der Waals surface area contributed by atoms with Gasteiger partial charge in [0.2, 0.25) is 5.52 Å². The Bertz CT molecular complexity index is 1390. The maximum absolute atomic E-state index is 6.47. The van der Waals surface area contributed by atoms with Gasteiger partial charge in [-0.1, -0.05) is 63.1 Å². The van der Waals surface area contributed by atoms with Gasteiger partial charge in [-0.3, -0.25) is 0 Å². The summed E-state index contributed by atoms with van der Waals surface area (Å²) in [6.07, 6.45) is 7.75. The van der Waals surface area contributed by atoms with E-state index in [-0.39, 0.29) is 0 Å². The Hall–Kier alpha value is -2.94. The van der Waals surface area contributed by atoms with E-state index in [4.69, 9.17) is 9.72 Å². The van der Waals surface area contributed by atoms with E-state index in [1.807, 2.05) is 0 Å². The SMILES string of the molecule is CCC1(CC)CCC(c2cccc3c2nc2c([n+]3C)-c3c(C)ccc4cccc(c34)O2)CC1. The van der Waals surface area contributed by atoms with Crippen LogP contribution in [0, 0.1) is 12.3 Å². The van der Waals surface area contributed by atoms with Gasteiger partial charge in [0, 0.05) is 11.5 Å². The van der Waals surface area contributed by atoms with Gasteiger partial charge in [0.1, 0.15) is 18.3 Å². The minimum Gasteiger partial charge on any atom is -0.433 e. The lowest BCUT2D eigenvalue weighted by atomic mass is 9.66. The smallest absolute Gasteiger partial charge is 0.294 e. The quantitative estimate of drug-likeness (QED) is 0.270. The average Bonchev–Trinajstić information content (AvgIpc) is 2.85. The van der Waals surface area contributed by atoms with Crippen molar-refractivity contribution < 1.29 is 9.30 Å². The van der Waals surface area contributed by atoms with Gasteiger partial charge in [-0.05, 0) is 66.5 Å². The third kappa shape index (κ3) is 3.01. The molecule has 2 heterocycles. The second kappa shape index (κ2) is 7.55. The molecule has 0 radical (unpaired) electrons. The molecule has 2 aliphatic rings. The highest BCUT2D eigenvalue weighted by atomic mass is 16.5. The third-order valence-electron chi connectivity index (χ3n) is 8.80. The van der Waals surface area contributed by atoms with Crippen molar-refractivity contribution in [3.8, 4) is 22.9 Å². The number of hydrogen-bond donors (Lipinski definition) is 0. The summed E-state index contributed by atoms with van der Waals surface area (Å²) in [6, 6.07) is 17.5. The lowest BCUT2D eigenvalue weighted by Crippen LogP contribution is -2.34. The van der Waals surface area contributed by atoms with Crippen LogP contribution in [0.3, 0.4) is 0 Å².